The summed E-state index contributed by atoms with van der Waals surface area (Å²) in [5.74, 6) is 0.869. The van der Waals surface area contributed by atoms with Gasteiger partial charge in [0.1, 0.15) is 0 Å². The molecule has 3 nitrogen and oxygen atoms in total. The molecule has 1 saturated heterocycles. The fraction of sp³-hybridized carbons (Fsp3) is 0.938. The first-order valence-corrected chi connectivity index (χ1v) is 8.07. The second kappa shape index (κ2) is 8.57. The predicted octanol–water partition coefficient (Wildman–Crippen LogP) is 3.30. The van der Waals surface area contributed by atoms with Crippen LogP contribution in [0.15, 0.2) is 0 Å². The maximum absolute atomic E-state index is 12.0. The van der Waals surface area contributed by atoms with Crippen LogP contribution in [0.3, 0.4) is 0 Å². The van der Waals surface area contributed by atoms with E-state index in [0.29, 0.717) is 12.0 Å². The van der Waals surface area contributed by atoms with E-state index in [-0.39, 0.29) is 13.3 Å². The molecule has 0 aromatic heterocycles. The Morgan fingerprint density at radius 3 is 2.37 bits per heavy atom. The fourth-order valence-electron chi connectivity index (χ4n) is 2.59. The molecule has 0 aromatic carbocycles. The maximum atomic E-state index is 12.0. The van der Waals surface area contributed by atoms with Gasteiger partial charge in [0.25, 0.3) is 0 Å². The van der Waals surface area contributed by atoms with E-state index in [1.54, 1.807) is 0 Å². The number of carbonyl (C=O) groups excluding carboxylic acids is 1. The van der Waals surface area contributed by atoms with Crippen LogP contribution in [0, 0.1) is 11.8 Å². The maximum Gasteiger partial charge on any atom is 0.223 e. The highest BCUT2D eigenvalue weighted by Gasteiger charge is 2.20. The first-order valence-electron chi connectivity index (χ1n) is 8.07. The zero-order valence-electron chi connectivity index (χ0n) is 13.2. The van der Waals surface area contributed by atoms with Crippen LogP contribution in [0.25, 0.3) is 0 Å². The van der Waals surface area contributed by atoms with Crippen LogP contribution in [-0.4, -0.2) is 36.5 Å². The van der Waals surface area contributed by atoms with E-state index in [2.05, 4.69) is 31.0 Å². The SMILES string of the molecule is CCC(C)C(=O)N[C@H](CCN1CCCCC1)C(C)C.[HH]. The summed E-state index contributed by atoms with van der Waals surface area (Å²) in [5.41, 5.74) is 0. The van der Waals surface area contributed by atoms with E-state index < -0.39 is 0 Å². The highest BCUT2D eigenvalue weighted by atomic mass is 16.1. The summed E-state index contributed by atoms with van der Waals surface area (Å²) >= 11 is 0. The van der Waals surface area contributed by atoms with Gasteiger partial charge in [0, 0.05) is 19.9 Å². The first kappa shape index (κ1) is 16.5. The number of hydrogen-bond donors (Lipinski definition) is 1. The van der Waals surface area contributed by atoms with Crippen molar-refractivity contribution in [2.24, 2.45) is 11.8 Å². The summed E-state index contributed by atoms with van der Waals surface area (Å²) in [5, 5.41) is 3.24. The number of nitrogens with one attached hydrogen (secondary N) is 1. The van der Waals surface area contributed by atoms with Crippen LogP contribution >= 0.6 is 0 Å². The molecule has 1 fully saturated rings. The van der Waals surface area contributed by atoms with Crippen molar-refractivity contribution in [3.63, 3.8) is 0 Å². The van der Waals surface area contributed by atoms with Crippen LogP contribution < -0.4 is 5.32 Å². The third-order valence-electron chi connectivity index (χ3n) is 4.40. The second-order valence-electron chi connectivity index (χ2n) is 6.36. The summed E-state index contributed by atoms with van der Waals surface area (Å²) in [4.78, 5) is 14.6. The molecule has 19 heavy (non-hydrogen) atoms. The number of nitrogens with zero attached hydrogens (tertiary/aromatic N) is 1. The topological polar surface area (TPSA) is 32.3 Å². The Bertz CT molecular complexity index is 265. The fourth-order valence-corrected chi connectivity index (χ4v) is 2.59. The van der Waals surface area contributed by atoms with Gasteiger partial charge in [-0.2, -0.15) is 0 Å². The number of rotatable bonds is 7. The zero-order chi connectivity index (χ0) is 14.3. The van der Waals surface area contributed by atoms with Crippen molar-refractivity contribution in [2.45, 2.75) is 65.8 Å². The molecule has 1 aliphatic rings. The molecular weight excluding hydrogens is 236 g/mol. The molecular formula is C16H34N2O. The van der Waals surface area contributed by atoms with Gasteiger partial charge in [0.15, 0.2) is 0 Å². The van der Waals surface area contributed by atoms with Gasteiger partial charge in [-0.1, -0.05) is 34.1 Å². The van der Waals surface area contributed by atoms with Gasteiger partial charge in [-0.3, -0.25) is 4.79 Å². The van der Waals surface area contributed by atoms with Crippen molar-refractivity contribution in [1.29, 1.82) is 0 Å². The lowest BCUT2D eigenvalue weighted by molar-refractivity contribution is -0.125. The summed E-state index contributed by atoms with van der Waals surface area (Å²) in [7, 11) is 0. The van der Waals surface area contributed by atoms with E-state index in [1.165, 1.54) is 32.4 Å². The number of carbonyl (C=O) groups is 1. The molecule has 3 heteroatoms. The molecule has 1 rings (SSSR count). The van der Waals surface area contributed by atoms with Gasteiger partial charge in [-0.05, 0) is 44.7 Å². The number of hydrogen-bond acceptors (Lipinski definition) is 2. The van der Waals surface area contributed by atoms with Crippen molar-refractivity contribution in [3.8, 4) is 0 Å². The van der Waals surface area contributed by atoms with Crippen LogP contribution in [0.4, 0.5) is 0 Å². The summed E-state index contributed by atoms with van der Waals surface area (Å²) in [6.07, 6.45) is 6.06. The van der Waals surface area contributed by atoms with Crippen LogP contribution in [0.1, 0.15) is 61.2 Å². The second-order valence-corrected chi connectivity index (χ2v) is 6.36. The minimum Gasteiger partial charge on any atom is -0.353 e. The molecule has 114 valence electrons. The van der Waals surface area contributed by atoms with Gasteiger partial charge < -0.3 is 10.2 Å². The Balaban J connectivity index is 0.00000361. The van der Waals surface area contributed by atoms with Crippen LogP contribution in [-0.2, 0) is 4.79 Å². The molecule has 0 spiro atoms. The highest BCUT2D eigenvalue weighted by molar-refractivity contribution is 5.78. The molecule has 0 radical (unpaired) electrons. The van der Waals surface area contributed by atoms with Crippen molar-refractivity contribution >= 4 is 5.91 Å². The minimum atomic E-state index is 0. The Morgan fingerprint density at radius 1 is 1.21 bits per heavy atom. The normalized spacial score (nSPS) is 20.3. The van der Waals surface area contributed by atoms with Crippen LogP contribution in [0.2, 0.25) is 0 Å². The van der Waals surface area contributed by atoms with Gasteiger partial charge in [-0.15, -0.1) is 0 Å². The Labute approximate surface area is 120 Å². The predicted molar refractivity (Wildman–Crippen MR) is 83.2 cm³/mol. The Hall–Kier alpha value is -0.570. The van der Waals surface area contributed by atoms with E-state index in [0.717, 1.165) is 19.4 Å². The Kier molecular flexibility index (Phi) is 7.44. The summed E-state index contributed by atoms with van der Waals surface area (Å²) < 4.78 is 0. The van der Waals surface area contributed by atoms with E-state index in [4.69, 9.17) is 0 Å². The third kappa shape index (κ3) is 5.94. The van der Waals surface area contributed by atoms with Crippen LogP contribution in [0.5, 0.6) is 0 Å². The average Bonchev–Trinajstić information content (AvgIpc) is 2.42. The molecule has 1 heterocycles. The molecule has 0 saturated carbocycles. The monoisotopic (exact) mass is 270 g/mol. The molecule has 0 aliphatic carbocycles. The van der Waals surface area contributed by atoms with Crippen molar-refractivity contribution in [3.05, 3.63) is 0 Å². The molecule has 0 bridgehead atoms. The summed E-state index contributed by atoms with van der Waals surface area (Å²) in [6.45, 7) is 12.1. The van der Waals surface area contributed by atoms with Gasteiger partial charge in [0.2, 0.25) is 5.91 Å². The molecule has 1 aliphatic heterocycles. The molecule has 1 unspecified atom stereocenters. The summed E-state index contributed by atoms with van der Waals surface area (Å²) in [6, 6.07) is 0.323. The standard InChI is InChI=1S/C16H32N2O.H2/c1-5-14(4)16(19)17-15(13(2)3)9-12-18-10-7-6-8-11-18;/h13-15H,5-12H2,1-4H3,(H,17,19);1H/t14?,15-;/m1./s1. The quantitative estimate of drug-likeness (QED) is 0.770. The number of piperidine rings is 1. The van der Waals surface area contributed by atoms with Gasteiger partial charge in [0.05, 0.1) is 0 Å². The largest absolute Gasteiger partial charge is 0.353 e. The van der Waals surface area contributed by atoms with Crippen molar-refractivity contribution in [2.75, 3.05) is 19.6 Å². The van der Waals surface area contributed by atoms with Gasteiger partial charge >= 0.3 is 0 Å². The molecule has 0 aromatic rings. The average molecular weight is 270 g/mol. The van der Waals surface area contributed by atoms with Crippen molar-refractivity contribution in [1.82, 2.24) is 10.2 Å². The van der Waals surface area contributed by atoms with E-state index in [9.17, 15) is 4.79 Å². The number of amides is 1. The molecule has 2 atom stereocenters. The Morgan fingerprint density at radius 2 is 1.84 bits per heavy atom. The third-order valence-corrected chi connectivity index (χ3v) is 4.40. The zero-order valence-corrected chi connectivity index (χ0v) is 13.2. The van der Waals surface area contributed by atoms with E-state index >= 15 is 0 Å². The molecule has 1 N–H and O–H groups in total. The van der Waals surface area contributed by atoms with Crippen molar-refractivity contribution < 1.29 is 6.22 Å². The first-order chi connectivity index (χ1) is 9.04. The smallest absolute Gasteiger partial charge is 0.223 e. The number of likely N-dealkylation sites (tertiary alicyclic amines) is 1. The van der Waals surface area contributed by atoms with Gasteiger partial charge in [-0.25, -0.2) is 0 Å². The minimum absolute atomic E-state index is 0. The molecule has 1 amide bonds. The lowest BCUT2D eigenvalue weighted by Gasteiger charge is -2.30. The lowest BCUT2D eigenvalue weighted by atomic mass is 9.98. The highest BCUT2D eigenvalue weighted by Crippen LogP contribution is 2.13. The van der Waals surface area contributed by atoms with E-state index in [1.807, 2.05) is 6.92 Å². The lowest BCUT2D eigenvalue weighted by Crippen LogP contribution is -2.43.